The number of nitrogens with one attached hydrogen (secondary N) is 1. The van der Waals surface area contributed by atoms with Gasteiger partial charge in [0.2, 0.25) is 0 Å². The Morgan fingerprint density at radius 1 is 1.32 bits per heavy atom. The molecule has 31 heavy (non-hydrogen) atoms. The molecule has 4 aromatic rings. The monoisotopic (exact) mass is 416 g/mol. The Hall–Kier alpha value is -3.90. The molecule has 0 aliphatic carbocycles. The number of rotatable bonds is 5. The van der Waals surface area contributed by atoms with E-state index in [1.807, 2.05) is 29.1 Å². The number of hydrogen-bond donors (Lipinski definition) is 1. The first-order valence-electron chi connectivity index (χ1n) is 9.98. The van der Waals surface area contributed by atoms with Crippen LogP contribution in [-0.2, 0) is 4.74 Å². The van der Waals surface area contributed by atoms with Gasteiger partial charge in [-0.3, -0.25) is 9.48 Å². The summed E-state index contributed by atoms with van der Waals surface area (Å²) in [5, 5.41) is 21.7. The van der Waals surface area contributed by atoms with Crippen molar-refractivity contribution in [1.82, 2.24) is 19.4 Å². The first-order chi connectivity index (χ1) is 15.0. The van der Waals surface area contributed by atoms with Gasteiger partial charge in [-0.05, 0) is 38.1 Å². The van der Waals surface area contributed by atoms with Crippen molar-refractivity contribution < 1.29 is 14.3 Å². The molecule has 0 radical (unpaired) electrons. The van der Waals surface area contributed by atoms with Gasteiger partial charge in [-0.1, -0.05) is 0 Å². The molecule has 1 aromatic carbocycles. The third-order valence-corrected chi connectivity index (χ3v) is 5.16. The number of benzene rings is 1. The lowest BCUT2D eigenvalue weighted by atomic mass is 10.2. The summed E-state index contributed by atoms with van der Waals surface area (Å²) in [5.74, 6) is 0.214. The molecule has 1 fully saturated rings. The van der Waals surface area contributed by atoms with E-state index in [-0.39, 0.29) is 18.1 Å². The largest absolute Gasteiger partial charge is 0.483 e. The predicted octanol–water partition coefficient (Wildman–Crippen LogP) is 3.17. The van der Waals surface area contributed by atoms with E-state index in [1.54, 1.807) is 18.2 Å². The third kappa shape index (κ3) is 3.47. The van der Waals surface area contributed by atoms with Gasteiger partial charge in [0, 0.05) is 23.7 Å². The predicted molar refractivity (Wildman–Crippen MR) is 113 cm³/mol. The van der Waals surface area contributed by atoms with E-state index in [0.717, 1.165) is 10.9 Å². The maximum atomic E-state index is 13.1. The molecule has 0 saturated carbocycles. The van der Waals surface area contributed by atoms with Crippen LogP contribution in [0.25, 0.3) is 16.4 Å². The van der Waals surface area contributed by atoms with Crippen molar-refractivity contribution in [1.29, 1.82) is 5.26 Å². The van der Waals surface area contributed by atoms with E-state index >= 15 is 0 Å². The number of nitrogens with zero attached hydrogens (tertiary/aromatic N) is 5. The van der Waals surface area contributed by atoms with Crippen LogP contribution in [0.5, 0.6) is 5.75 Å². The summed E-state index contributed by atoms with van der Waals surface area (Å²) < 4.78 is 14.6. The third-order valence-electron chi connectivity index (χ3n) is 5.16. The lowest BCUT2D eigenvalue weighted by Gasteiger charge is -2.27. The molecule has 1 N–H and O–H groups in total. The molecule has 1 saturated heterocycles. The Morgan fingerprint density at radius 2 is 2.16 bits per heavy atom. The van der Waals surface area contributed by atoms with Crippen molar-refractivity contribution in [3.8, 4) is 11.8 Å². The van der Waals surface area contributed by atoms with Crippen LogP contribution in [0.15, 0.2) is 42.7 Å². The molecule has 3 aromatic heterocycles. The van der Waals surface area contributed by atoms with E-state index in [2.05, 4.69) is 29.4 Å². The number of amides is 1. The Balaban J connectivity index is 1.51. The second kappa shape index (κ2) is 7.41. The highest BCUT2D eigenvalue weighted by Gasteiger charge is 2.23. The molecule has 9 heteroatoms. The summed E-state index contributed by atoms with van der Waals surface area (Å²) in [4.78, 5) is 13.1. The molecular weight excluding hydrogens is 396 g/mol. The van der Waals surface area contributed by atoms with Crippen LogP contribution in [0, 0.1) is 11.3 Å². The number of fused-ring (bicyclic) bond motifs is 2. The molecule has 0 atom stereocenters. The van der Waals surface area contributed by atoms with Crippen molar-refractivity contribution in [3.63, 3.8) is 0 Å². The van der Waals surface area contributed by atoms with Gasteiger partial charge in [-0.25, -0.2) is 4.52 Å². The first-order valence-corrected chi connectivity index (χ1v) is 9.98. The summed E-state index contributed by atoms with van der Waals surface area (Å²) in [6.07, 6.45) is 3.32. The van der Waals surface area contributed by atoms with Crippen LogP contribution >= 0.6 is 0 Å². The fraction of sp³-hybridized carbons (Fsp3) is 0.273. The fourth-order valence-corrected chi connectivity index (χ4v) is 3.41. The molecule has 4 heterocycles. The summed E-state index contributed by atoms with van der Waals surface area (Å²) in [6, 6.07) is 11.1. The summed E-state index contributed by atoms with van der Waals surface area (Å²) >= 11 is 0. The van der Waals surface area contributed by atoms with Gasteiger partial charge in [0.25, 0.3) is 5.91 Å². The zero-order valence-electron chi connectivity index (χ0n) is 17.1. The van der Waals surface area contributed by atoms with E-state index in [1.165, 1.54) is 10.7 Å². The molecule has 156 valence electrons. The number of ether oxygens (including phenoxy) is 2. The highest BCUT2D eigenvalue weighted by molar-refractivity contribution is 6.05. The molecule has 1 aliphatic heterocycles. The smallest absolute Gasteiger partial charge is 0.274 e. The lowest BCUT2D eigenvalue weighted by Crippen LogP contribution is -2.38. The standard InChI is InChI=1S/C22H20N6O3/c1-13(2)27-10-15-6-19(21(7-18(15)26-27)31-17-11-30-12-17)25-22(29)20-4-3-16-5-14(8-23)9-24-28(16)20/h3-7,9-10,13,17H,11-12H2,1-2H3,(H,25,29). The normalized spacial score (nSPS) is 14.0. The van der Waals surface area contributed by atoms with E-state index < -0.39 is 0 Å². The maximum Gasteiger partial charge on any atom is 0.274 e. The van der Waals surface area contributed by atoms with E-state index in [0.29, 0.717) is 41.4 Å². The Morgan fingerprint density at radius 3 is 2.87 bits per heavy atom. The SMILES string of the molecule is CC(C)n1cc2cc(NC(=O)c3ccc4cc(C#N)cnn34)c(OC3COC3)cc2n1. The zero-order valence-corrected chi connectivity index (χ0v) is 17.1. The van der Waals surface area contributed by atoms with Gasteiger partial charge in [-0.2, -0.15) is 15.5 Å². The molecule has 0 bridgehead atoms. The molecule has 9 nitrogen and oxygen atoms in total. The summed E-state index contributed by atoms with van der Waals surface area (Å²) in [5.41, 5.74) is 2.80. The van der Waals surface area contributed by atoms with E-state index in [4.69, 9.17) is 14.7 Å². The van der Waals surface area contributed by atoms with Gasteiger partial charge >= 0.3 is 0 Å². The number of nitriles is 1. The molecule has 0 unspecified atom stereocenters. The van der Waals surface area contributed by atoms with Crippen LogP contribution in [-0.4, -0.2) is 44.6 Å². The zero-order chi connectivity index (χ0) is 21.5. The maximum absolute atomic E-state index is 13.1. The van der Waals surface area contributed by atoms with Crippen molar-refractivity contribution in [2.75, 3.05) is 18.5 Å². The number of carbonyl (C=O) groups is 1. The van der Waals surface area contributed by atoms with Gasteiger partial charge in [0.15, 0.2) is 0 Å². The lowest BCUT2D eigenvalue weighted by molar-refractivity contribution is -0.0793. The van der Waals surface area contributed by atoms with Crippen LogP contribution in [0.1, 0.15) is 35.9 Å². The van der Waals surface area contributed by atoms with Crippen LogP contribution < -0.4 is 10.1 Å². The Bertz CT molecular complexity index is 1340. The number of anilines is 1. The Kier molecular flexibility index (Phi) is 4.56. The van der Waals surface area contributed by atoms with Crippen molar-refractivity contribution in [2.24, 2.45) is 0 Å². The summed E-state index contributed by atoms with van der Waals surface area (Å²) in [6.45, 7) is 5.14. The average Bonchev–Trinajstić information content (AvgIpc) is 3.33. The Labute approximate surface area is 177 Å². The molecule has 0 spiro atoms. The number of hydrogen-bond acceptors (Lipinski definition) is 6. The van der Waals surface area contributed by atoms with Crippen molar-refractivity contribution >= 4 is 28.0 Å². The van der Waals surface area contributed by atoms with Gasteiger partial charge in [0.05, 0.1) is 41.7 Å². The second-order valence-corrected chi connectivity index (χ2v) is 7.75. The van der Waals surface area contributed by atoms with Gasteiger partial charge in [0.1, 0.15) is 23.6 Å². The van der Waals surface area contributed by atoms with E-state index in [9.17, 15) is 4.79 Å². The molecule has 1 amide bonds. The highest BCUT2D eigenvalue weighted by atomic mass is 16.6. The minimum atomic E-state index is -0.331. The van der Waals surface area contributed by atoms with Crippen molar-refractivity contribution in [2.45, 2.75) is 26.0 Å². The molecule has 1 aliphatic rings. The van der Waals surface area contributed by atoms with Crippen molar-refractivity contribution in [3.05, 3.63) is 54.0 Å². The highest BCUT2D eigenvalue weighted by Crippen LogP contribution is 2.32. The fourth-order valence-electron chi connectivity index (χ4n) is 3.41. The summed E-state index contributed by atoms with van der Waals surface area (Å²) in [7, 11) is 0. The number of carbonyl (C=O) groups excluding carboxylic acids is 1. The van der Waals surface area contributed by atoms with Crippen LogP contribution in [0.2, 0.25) is 0 Å². The second-order valence-electron chi connectivity index (χ2n) is 7.75. The number of aromatic nitrogens is 4. The molecule has 5 rings (SSSR count). The quantitative estimate of drug-likeness (QED) is 0.536. The first kappa shape index (κ1) is 19.1. The average molecular weight is 416 g/mol. The van der Waals surface area contributed by atoms with Gasteiger partial charge in [-0.15, -0.1) is 0 Å². The van der Waals surface area contributed by atoms with Gasteiger partial charge < -0.3 is 14.8 Å². The molecular formula is C22H20N6O3. The minimum Gasteiger partial charge on any atom is -0.483 e. The van der Waals surface area contributed by atoms with Crippen LogP contribution in [0.3, 0.4) is 0 Å². The van der Waals surface area contributed by atoms with Crippen LogP contribution in [0.4, 0.5) is 5.69 Å². The topological polar surface area (TPSA) is 106 Å². The minimum absolute atomic E-state index is 0.0551.